The Bertz CT molecular complexity index is 613. The summed E-state index contributed by atoms with van der Waals surface area (Å²) in [4.78, 5) is 28.8. The lowest BCUT2D eigenvalue weighted by Gasteiger charge is -2.35. The van der Waals surface area contributed by atoms with Crippen molar-refractivity contribution in [1.29, 1.82) is 0 Å². The lowest BCUT2D eigenvalue weighted by molar-refractivity contribution is -0.138. The van der Waals surface area contributed by atoms with Gasteiger partial charge in [-0.25, -0.2) is 0 Å². The molecule has 0 aromatic carbocycles. The van der Waals surface area contributed by atoms with E-state index in [0.717, 1.165) is 25.3 Å². The Morgan fingerprint density at radius 1 is 1.38 bits per heavy atom. The molecule has 0 aliphatic carbocycles. The third-order valence-corrected chi connectivity index (χ3v) is 4.81. The molecule has 2 amide bonds. The number of hydrogen-bond donors (Lipinski definition) is 1. The maximum absolute atomic E-state index is 12.7. The van der Waals surface area contributed by atoms with Crippen molar-refractivity contribution in [3.05, 3.63) is 12.2 Å². The van der Waals surface area contributed by atoms with Crippen molar-refractivity contribution in [2.24, 2.45) is 5.92 Å². The number of rotatable bonds is 8. The van der Waals surface area contributed by atoms with Gasteiger partial charge in [0.2, 0.25) is 11.8 Å². The Kier molecular flexibility index (Phi) is 7.14. The van der Waals surface area contributed by atoms with Gasteiger partial charge in [-0.1, -0.05) is 13.8 Å². The predicted octanol–water partition coefficient (Wildman–Crippen LogP) is 1.05. The highest BCUT2D eigenvalue weighted by Gasteiger charge is 2.32. The Balaban J connectivity index is 1.98. The van der Waals surface area contributed by atoms with E-state index >= 15 is 0 Å². The second-order valence-corrected chi connectivity index (χ2v) is 7.73. The molecular weight excluding hydrogens is 332 g/mol. The van der Waals surface area contributed by atoms with E-state index < -0.39 is 0 Å². The maximum atomic E-state index is 12.7. The molecule has 1 aromatic rings. The molecule has 0 unspecified atom stereocenters. The van der Waals surface area contributed by atoms with Crippen LogP contribution in [0.2, 0.25) is 0 Å². The van der Waals surface area contributed by atoms with Crippen LogP contribution in [0, 0.1) is 5.92 Å². The smallest absolute Gasteiger partial charge is 0.237 e. The molecule has 0 bridgehead atoms. The number of hydrogen-bond acceptors (Lipinski definition) is 5. The number of nitrogens with one attached hydrogen (secondary N) is 1. The van der Waals surface area contributed by atoms with Crippen LogP contribution in [0.15, 0.2) is 6.33 Å². The molecule has 1 saturated heterocycles. The highest BCUT2D eigenvalue weighted by atomic mass is 16.2. The fourth-order valence-corrected chi connectivity index (χ4v) is 3.11. The average molecular weight is 364 g/mol. The topological polar surface area (TPSA) is 83.4 Å². The molecule has 2 heterocycles. The number of nitrogens with zero attached hydrogens (tertiary/aromatic N) is 5. The van der Waals surface area contributed by atoms with Gasteiger partial charge in [0.05, 0.1) is 19.0 Å². The van der Waals surface area contributed by atoms with E-state index in [9.17, 15) is 9.59 Å². The molecule has 8 heteroatoms. The van der Waals surface area contributed by atoms with Gasteiger partial charge in [0.25, 0.3) is 0 Å². The highest BCUT2D eigenvalue weighted by molar-refractivity contribution is 5.88. The van der Waals surface area contributed by atoms with Crippen molar-refractivity contribution >= 4 is 11.8 Å². The van der Waals surface area contributed by atoms with Crippen LogP contribution in [0.25, 0.3) is 0 Å². The lowest BCUT2D eigenvalue weighted by Crippen LogP contribution is -2.56. The second kappa shape index (κ2) is 9.12. The van der Waals surface area contributed by atoms with Gasteiger partial charge in [-0.05, 0) is 32.7 Å². The summed E-state index contributed by atoms with van der Waals surface area (Å²) >= 11 is 0. The third-order valence-electron chi connectivity index (χ3n) is 4.81. The van der Waals surface area contributed by atoms with Crippen LogP contribution in [0.3, 0.4) is 0 Å². The van der Waals surface area contributed by atoms with Crippen LogP contribution >= 0.6 is 0 Å². The summed E-state index contributed by atoms with van der Waals surface area (Å²) in [5, 5.41) is 10.9. The summed E-state index contributed by atoms with van der Waals surface area (Å²) in [6.07, 6.45) is 2.89. The van der Waals surface area contributed by atoms with Crippen LogP contribution in [-0.4, -0.2) is 69.1 Å². The normalized spacial score (nSPS) is 18.4. The lowest BCUT2D eigenvalue weighted by atomic mass is 10.0. The van der Waals surface area contributed by atoms with Gasteiger partial charge in [0.15, 0.2) is 5.82 Å². The monoisotopic (exact) mass is 364 g/mol. The van der Waals surface area contributed by atoms with E-state index in [1.165, 1.54) is 0 Å². The molecule has 1 aromatic heterocycles. The van der Waals surface area contributed by atoms with Gasteiger partial charge in [-0.2, -0.15) is 0 Å². The molecule has 1 fully saturated rings. The van der Waals surface area contributed by atoms with E-state index in [2.05, 4.69) is 34.3 Å². The molecule has 1 N–H and O–H groups in total. The summed E-state index contributed by atoms with van der Waals surface area (Å²) < 4.78 is 1.95. The van der Waals surface area contributed by atoms with Crippen molar-refractivity contribution in [2.75, 3.05) is 26.7 Å². The fourth-order valence-electron chi connectivity index (χ4n) is 3.11. The molecular formula is C18H32N6O2. The Labute approximate surface area is 155 Å². The van der Waals surface area contributed by atoms with Crippen LogP contribution in [0.1, 0.15) is 52.4 Å². The molecule has 1 aliphatic rings. The van der Waals surface area contributed by atoms with Crippen molar-refractivity contribution in [2.45, 2.75) is 59.2 Å². The number of aromatic nitrogens is 3. The van der Waals surface area contributed by atoms with Crippen LogP contribution in [0.5, 0.6) is 0 Å². The van der Waals surface area contributed by atoms with E-state index in [-0.39, 0.29) is 30.3 Å². The van der Waals surface area contributed by atoms with E-state index in [0.29, 0.717) is 19.0 Å². The Morgan fingerprint density at radius 2 is 2.12 bits per heavy atom. The van der Waals surface area contributed by atoms with Crippen LogP contribution in [-0.2, 0) is 16.1 Å². The van der Waals surface area contributed by atoms with Gasteiger partial charge < -0.3 is 14.8 Å². The molecule has 146 valence electrons. The van der Waals surface area contributed by atoms with Crippen molar-refractivity contribution in [3.8, 4) is 0 Å². The minimum Gasteiger partial charge on any atom is -0.353 e. The molecule has 0 saturated carbocycles. The Hall–Kier alpha value is -1.96. The average Bonchev–Trinajstić information content (AvgIpc) is 3.03. The molecule has 0 spiro atoms. The van der Waals surface area contributed by atoms with E-state index in [4.69, 9.17) is 0 Å². The predicted molar refractivity (Wildman–Crippen MR) is 99.3 cm³/mol. The fraction of sp³-hybridized carbons (Fsp3) is 0.778. The number of amides is 2. The largest absolute Gasteiger partial charge is 0.353 e. The highest BCUT2D eigenvalue weighted by Crippen LogP contribution is 2.14. The number of carbonyl (C=O) groups is 2. The number of carbonyl (C=O) groups excluding carboxylic acids is 2. The first kappa shape index (κ1) is 20.4. The van der Waals surface area contributed by atoms with Crippen molar-refractivity contribution < 1.29 is 9.59 Å². The first-order valence-corrected chi connectivity index (χ1v) is 9.43. The summed E-state index contributed by atoms with van der Waals surface area (Å²) in [6, 6.07) is -0.153. The molecule has 2 rings (SSSR count). The summed E-state index contributed by atoms with van der Waals surface area (Å²) in [7, 11) is 1.75. The minimum absolute atomic E-state index is 0.0490. The summed E-state index contributed by atoms with van der Waals surface area (Å²) in [5.41, 5.74) is 0. The van der Waals surface area contributed by atoms with Crippen molar-refractivity contribution in [3.63, 3.8) is 0 Å². The van der Waals surface area contributed by atoms with Gasteiger partial charge in [0.1, 0.15) is 6.33 Å². The zero-order valence-corrected chi connectivity index (χ0v) is 16.6. The molecule has 1 atom stereocenters. The van der Waals surface area contributed by atoms with Gasteiger partial charge in [-0.15, -0.1) is 10.2 Å². The Morgan fingerprint density at radius 3 is 2.77 bits per heavy atom. The zero-order valence-electron chi connectivity index (χ0n) is 16.6. The summed E-state index contributed by atoms with van der Waals surface area (Å²) in [5.74, 6) is 1.22. The third kappa shape index (κ3) is 5.27. The van der Waals surface area contributed by atoms with Crippen molar-refractivity contribution in [1.82, 2.24) is 29.9 Å². The first-order chi connectivity index (χ1) is 12.3. The standard InChI is InChI=1S/C18H32N6O2/c1-13(2)6-8-23-9-7-19-18(26)15(23)10-17(25)22(5)11-16-21-20-12-24(16)14(3)4/h12-15H,6-11H2,1-5H3,(H,19,26)/t15-/m0/s1. The van der Waals surface area contributed by atoms with E-state index in [1.807, 2.05) is 18.4 Å². The van der Waals surface area contributed by atoms with Gasteiger partial charge in [-0.3, -0.25) is 14.5 Å². The van der Waals surface area contributed by atoms with Crippen LogP contribution < -0.4 is 5.32 Å². The molecule has 1 aliphatic heterocycles. The second-order valence-electron chi connectivity index (χ2n) is 7.73. The summed E-state index contributed by atoms with van der Waals surface area (Å²) in [6.45, 7) is 11.1. The molecule has 0 radical (unpaired) electrons. The minimum atomic E-state index is -0.389. The SMILES string of the molecule is CC(C)CCN1CCNC(=O)[C@@H]1CC(=O)N(C)Cc1nncn1C(C)C. The number of piperazine rings is 1. The van der Waals surface area contributed by atoms with Crippen LogP contribution in [0.4, 0.5) is 0 Å². The molecule has 26 heavy (non-hydrogen) atoms. The van der Waals surface area contributed by atoms with Gasteiger partial charge in [0, 0.05) is 26.2 Å². The van der Waals surface area contributed by atoms with Gasteiger partial charge >= 0.3 is 0 Å². The maximum Gasteiger partial charge on any atom is 0.237 e. The quantitative estimate of drug-likeness (QED) is 0.746. The first-order valence-electron chi connectivity index (χ1n) is 9.43. The molecule has 8 nitrogen and oxygen atoms in total. The van der Waals surface area contributed by atoms with E-state index in [1.54, 1.807) is 18.3 Å². The zero-order chi connectivity index (χ0) is 19.3.